The zero-order valence-electron chi connectivity index (χ0n) is 12.8. The number of likely N-dealkylation sites (N-methyl/N-ethyl adjacent to an activating group) is 1. The predicted octanol–water partition coefficient (Wildman–Crippen LogP) is 0.441. The van der Waals surface area contributed by atoms with Crippen LogP contribution < -0.4 is 10.6 Å². The lowest BCUT2D eigenvalue weighted by molar-refractivity contribution is 0.317. The normalized spacial score (nSPS) is 29.1. The van der Waals surface area contributed by atoms with Gasteiger partial charge in [0.2, 0.25) is 0 Å². The van der Waals surface area contributed by atoms with Gasteiger partial charge in [-0.3, -0.25) is 4.99 Å². The minimum Gasteiger partial charge on any atom is -0.357 e. The third-order valence-corrected chi connectivity index (χ3v) is 5.82. The lowest BCUT2D eigenvalue weighted by atomic mass is 10.2. The van der Waals surface area contributed by atoms with Crippen LogP contribution in [0.3, 0.4) is 0 Å². The van der Waals surface area contributed by atoms with Gasteiger partial charge in [-0.15, -0.1) is 24.0 Å². The number of hydrogen-bond acceptors (Lipinski definition) is 4. The first-order valence-corrected chi connectivity index (χ1v) is 9.28. The predicted molar refractivity (Wildman–Crippen MR) is 97.2 cm³/mol. The Morgan fingerprint density at radius 1 is 1.38 bits per heavy atom. The van der Waals surface area contributed by atoms with Gasteiger partial charge in [0, 0.05) is 18.6 Å². The average Bonchev–Trinajstić information content (AvgIpc) is 2.93. The number of aliphatic imine (C=N–C) groups is 1. The zero-order valence-corrected chi connectivity index (χ0v) is 16.0. The number of likely N-dealkylation sites (tertiary alicyclic amines) is 1. The minimum atomic E-state index is -2.85. The average molecular weight is 430 g/mol. The molecule has 0 bridgehead atoms. The van der Waals surface area contributed by atoms with Crippen molar-refractivity contribution in [3.8, 4) is 0 Å². The Morgan fingerprint density at radius 2 is 2.14 bits per heavy atom. The molecule has 2 fully saturated rings. The van der Waals surface area contributed by atoms with Gasteiger partial charge in [-0.25, -0.2) is 8.42 Å². The van der Waals surface area contributed by atoms with Crippen LogP contribution in [0, 0.1) is 0 Å². The van der Waals surface area contributed by atoms with Gasteiger partial charge in [-0.05, 0) is 39.8 Å². The van der Waals surface area contributed by atoms with Gasteiger partial charge in [-0.1, -0.05) is 0 Å². The zero-order chi connectivity index (χ0) is 14.6. The van der Waals surface area contributed by atoms with Crippen molar-refractivity contribution in [2.75, 3.05) is 38.2 Å². The standard InChI is InChI=1S/C13H26N4O2S.HI/c1-3-14-13(15-9-12-5-4-7-17(12)2)16-11-6-8-20(18,19)10-11;/h11-12H,3-10H2,1-2H3,(H2,14,15,16);1H. The van der Waals surface area contributed by atoms with Crippen molar-refractivity contribution in [3.63, 3.8) is 0 Å². The quantitative estimate of drug-likeness (QED) is 0.385. The van der Waals surface area contributed by atoms with Crippen LogP contribution >= 0.6 is 24.0 Å². The number of sulfone groups is 1. The third kappa shape index (κ3) is 5.90. The molecule has 0 aliphatic carbocycles. The van der Waals surface area contributed by atoms with Gasteiger partial charge in [-0.2, -0.15) is 0 Å². The lowest BCUT2D eigenvalue weighted by Crippen LogP contribution is -2.44. The summed E-state index contributed by atoms with van der Waals surface area (Å²) in [6, 6.07) is 0.511. The van der Waals surface area contributed by atoms with Crippen molar-refractivity contribution < 1.29 is 8.42 Å². The molecule has 0 aromatic rings. The van der Waals surface area contributed by atoms with Crippen LogP contribution in [-0.4, -0.2) is 69.5 Å². The smallest absolute Gasteiger partial charge is 0.191 e. The fourth-order valence-corrected chi connectivity index (χ4v) is 4.50. The van der Waals surface area contributed by atoms with E-state index in [4.69, 9.17) is 0 Å². The van der Waals surface area contributed by atoms with E-state index < -0.39 is 9.84 Å². The molecule has 2 saturated heterocycles. The Hall–Kier alpha value is -0.0900. The first-order chi connectivity index (χ1) is 9.50. The summed E-state index contributed by atoms with van der Waals surface area (Å²) in [6.45, 7) is 4.71. The van der Waals surface area contributed by atoms with E-state index in [9.17, 15) is 8.42 Å². The molecule has 2 N–H and O–H groups in total. The fourth-order valence-electron chi connectivity index (χ4n) is 2.83. The molecule has 2 unspecified atom stereocenters. The minimum absolute atomic E-state index is 0. The summed E-state index contributed by atoms with van der Waals surface area (Å²) >= 11 is 0. The molecule has 0 aromatic carbocycles. The SMILES string of the molecule is CCNC(=NCC1CCCN1C)NC1CCS(=O)(=O)C1.I. The van der Waals surface area contributed by atoms with Gasteiger partial charge in [0.25, 0.3) is 0 Å². The molecule has 2 atom stereocenters. The highest BCUT2D eigenvalue weighted by molar-refractivity contribution is 14.0. The second kappa shape index (κ2) is 8.52. The van der Waals surface area contributed by atoms with E-state index in [1.807, 2.05) is 6.92 Å². The maximum Gasteiger partial charge on any atom is 0.191 e. The molecule has 8 heteroatoms. The monoisotopic (exact) mass is 430 g/mol. The van der Waals surface area contributed by atoms with Crippen LogP contribution in [0.5, 0.6) is 0 Å². The molecule has 2 heterocycles. The first-order valence-electron chi connectivity index (χ1n) is 7.45. The number of rotatable bonds is 4. The van der Waals surface area contributed by atoms with E-state index >= 15 is 0 Å². The molecule has 2 aliphatic heterocycles. The molecule has 0 aromatic heterocycles. The van der Waals surface area contributed by atoms with Gasteiger partial charge >= 0.3 is 0 Å². The van der Waals surface area contributed by atoms with E-state index in [1.54, 1.807) is 0 Å². The van der Waals surface area contributed by atoms with Crippen LogP contribution in [0.4, 0.5) is 0 Å². The molecular weight excluding hydrogens is 403 g/mol. The van der Waals surface area contributed by atoms with Crippen LogP contribution in [0.1, 0.15) is 26.2 Å². The fraction of sp³-hybridized carbons (Fsp3) is 0.923. The Bertz CT molecular complexity index is 455. The molecule has 0 amide bonds. The Balaban J connectivity index is 0.00000220. The highest BCUT2D eigenvalue weighted by Gasteiger charge is 2.28. The van der Waals surface area contributed by atoms with Gasteiger partial charge in [0.05, 0.1) is 18.1 Å². The summed E-state index contributed by atoms with van der Waals surface area (Å²) in [4.78, 5) is 6.96. The molecule has 2 aliphatic rings. The maximum atomic E-state index is 11.5. The summed E-state index contributed by atoms with van der Waals surface area (Å²) in [7, 11) is -0.713. The van der Waals surface area contributed by atoms with Crippen LogP contribution in [0.15, 0.2) is 4.99 Å². The Morgan fingerprint density at radius 3 is 2.67 bits per heavy atom. The summed E-state index contributed by atoms with van der Waals surface area (Å²) in [5.74, 6) is 1.26. The number of nitrogens with zero attached hydrogens (tertiary/aromatic N) is 2. The Labute approximate surface area is 145 Å². The van der Waals surface area contributed by atoms with Gasteiger partial charge in [0.15, 0.2) is 15.8 Å². The van der Waals surface area contributed by atoms with Crippen LogP contribution in [0.25, 0.3) is 0 Å². The summed E-state index contributed by atoms with van der Waals surface area (Å²) in [6.07, 6.45) is 3.11. The molecule has 124 valence electrons. The topological polar surface area (TPSA) is 73.8 Å². The molecular formula is C13H27IN4O2S. The highest BCUT2D eigenvalue weighted by Crippen LogP contribution is 2.15. The lowest BCUT2D eigenvalue weighted by Gasteiger charge is -2.19. The first kappa shape index (κ1) is 19.0. The molecule has 6 nitrogen and oxygen atoms in total. The molecule has 0 spiro atoms. The van der Waals surface area contributed by atoms with Crippen molar-refractivity contribution >= 4 is 39.8 Å². The summed E-state index contributed by atoms with van der Waals surface area (Å²) in [5, 5.41) is 6.45. The highest BCUT2D eigenvalue weighted by atomic mass is 127. The van der Waals surface area contributed by atoms with E-state index in [0.717, 1.165) is 25.6 Å². The second-order valence-corrected chi connectivity index (χ2v) is 7.97. The van der Waals surface area contributed by atoms with Crippen LogP contribution in [0.2, 0.25) is 0 Å². The van der Waals surface area contributed by atoms with Gasteiger partial charge < -0.3 is 15.5 Å². The van der Waals surface area contributed by atoms with E-state index in [0.29, 0.717) is 12.5 Å². The second-order valence-electron chi connectivity index (χ2n) is 5.74. The largest absolute Gasteiger partial charge is 0.357 e. The van der Waals surface area contributed by atoms with E-state index in [-0.39, 0.29) is 41.5 Å². The summed E-state index contributed by atoms with van der Waals surface area (Å²) < 4.78 is 23.0. The molecule has 2 rings (SSSR count). The third-order valence-electron chi connectivity index (χ3n) is 4.05. The Kier molecular flexibility index (Phi) is 7.69. The number of hydrogen-bond donors (Lipinski definition) is 2. The number of halogens is 1. The van der Waals surface area contributed by atoms with Crippen molar-refractivity contribution in [1.82, 2.24) is 15.5 Å². The van der Waals surface area contributed by atoms with Gasteiger partial charge in [0.1, 0.15) is 0 Å². The molecule has 0 saturated carbocycles. The molecule has 21 heavy (non-hydrogen) atoms. The van der Waals surface area contributed by atoms with Crippen LogP contribution in [-0.2, 0) is 9.84 Å². The van der Waals surface area contributed by atoms with E-state index in [1.165, 1.54) is 12.8 Å². The van der Waals surface area contributed by atoms with E-state index in [2.05, 4.69) is 27.6 Å². The molecule has 0 radical (unpaired) electrons. The number of nitrogens with one attached hydrogen (secondary N) is 2. The van der Waals surface area contributed by atoms with Crippen molar-refractivity contribution in [1.29, 1.82) is 0 Å². The number of guanidine groups is 1. The summed E-state index contributed by atoms with van der Waals surface area (Å²) in [5.41, 5.74) is 0. The van der Waals surface area contributed by atoms with Crippen molar-refractivity contribution in [3.05, 3.63) is 0 Å². The van der Waals surface area contributed by atoms with Crippen molar-refractivity contribution in [2.45, 2.75) is 38.3 Å². The van der Waals surface area contributed by atoms with Crippen molar-refractivity contribution in [2.24, 2.45) is 4.99 Å². The maximum absolute atomic E-state index is 11.5.